The van der Waals surface area contributed by atoms with Crippen molar-refractivity contribution < 1.29 is 0 Å². The summed E-state index contributed by atoms with van der Waals surface area (Å²) in [5.74, 6) is 1.55. The van der Waals surface area contributed by atoms with Crippen LogP contribution in [0.15, 0.2) is 12.4 Å². The van der Waals surface area contributed by atoms with Gasteiger partial charge in [0.1, 0.15) is 0 Å². The summed E-state index contributed by atoms with van der Waals surface area (Å²) in [5.41, 5.74) is 6.23. The first-order valence-corrected chi connectivity index (χ1v) is 6.01. The lowest BCUT2D eigenvalue weighted by molar-refractivity contribution is 0.566. The lowest BCUT2D eigenvalue weighted by Gasteiger charge is -2.23. The summed E-state index contributed by atoms with van der Waals surface area (Å²) in [6.45, 7) is 5.54. The van der Waals surface area contributed by atoms with Gasteiger partial charge in [-0.25, -0.2) is 9.97 Å². The Kier molecular flexibility index (Phi) is 3.27. The summed E-state index contributed by atoms with van der Waals surface area (Å²) >= 11 is 0. The van der Waals surface area contributed by atoms with Gasteiger partial charge < -0.3 is 10.6 Å². The largest absolute Gasteiger partial charge is 0.396 e. The Hall–Kier alpha value is -1.32. The maximum Gasteiger partial charge on any atom is 0.225 e. The Morgan fingerprint density at radius 3 is 2.50 bits per heavy atom. The number of nitrogens with two attached hydrogens (primary N) is 1. The summed E-state index contributed by atoms with van der Waals surface area (Å²) < 4.78 is 0. The third-order valence-electron chi connectivity index (χ3n) is 2.85. The Balaban J connectivity index is 2.03. The molecule has 1 heterocycles. The maximum atomic E-state index is 5.60. The van der Waals surface area contributed by atoms with Crippen molar-refractivity contribution in [3.05, 3.63) is 12.4 Å². The summed E-state index contributed by atoms with van der Waals surface area (Å²) in [4.78, 5) is 10.9. The van der Waals surface area contributed by atoms with E-state index in [9.17, 15) is 0 Å². The van der Waals surface area contributed by atoms with Crippen molar-refractivity contribution in [1.82, 2.24) is 9.97 Å². The molecule has 4 heteroatoms. The van der Waals surface area contributed by atoms with E-state index < -0.39 is 0 Å². The van der Waals surface area contributed by atoms with Crippen LogP contribution < -0.4 is 10.6 Å². The number of nitrogen functional groups attached to an aromatic ring is 1. The topological polar surface area (TPSA) is 55.0 Å². The molecule has 0 spiro atoms. The number of nitrogens with zero attached hydrogens (tertiary/aromatic N) is 3. The third-order valence-corrected chi connectivity index (χ3v) is 2.85. The second-order valence-corrected chi connectivity index (χ2v) is 4.92. The van der Waals surface area contributed by atoms with E-state index >= 15 is 0 Å². The normalized spacial score (nSPS) is 15.4. The van der Waals surface area contributed by atoms with Crippen molar-refractivity contribution in [2.45, 2.75) is 39.2 Å². The fourth-order valence-electron chi connectivity index (χ4n) is 1.71. The van der Waals surface area contributed by atoms with E-state index in [0.717, 1.165) is 18.4 Å². The molecule has 2 rings (SSSR count). The predicted molar refractivity (Wildman–Crippen MR) is 66.3 cm³/mol. The van der Waals surface area contributed by atoms with E-state index in [4.69, 9.17) is 5.73 Å². The Bertz CT molecular complexity index is 329. The van der Waals surface area contributed by atoms with Gasteiger partial charge >= 0.3 is 0 Å². The third kappa shape index (κ3) is 2.84. The second-order valence-electron chi connectivity index (χ2n) is 4.92. The van der Waals surface area contributed by atoms with Gasteiger partial charge in [0, 0.05) is 12.6 Å². The van der Waals surface area contributed by atoms with Crippen molar-refractivity contribution in [1.29, 1.82) is 0 Å². The number of hydrogen-bond donors (Lipinski definition) is 1. The van der Waals surface area contributed by atoms with Crippen molar-refractivity contribution in [2.75, 3.05) is 17.2 Å². The minimum absolute atomic E-state index is 0.628. The highest BCUT2D eigenvalue weighted by Crippen LogP contribution is 2.30. The molecule has 0 amide bonds. The van der Waals surface area contributed by atoms with Gasteiger partial charge in [-0.15, -0.1) is 0 Å². The molecule has 0 saturated heterocycles. The molecule has 1 aliphatic carbocycles. The molecule has 0 aliphatic heterocycles. The van der Waals surface area contributed by atoms with E-state index in [-0.39, 0.29) is 0 Å². The zero-order chi connectivity index (χ0) is 11.5. The van der Waals surface area contributed by atoms with Crippen LogP contribution in [0.3, 0.4) is 0 Å². The van der Waals surface area contributed by atoms with Crippen LogP contribution in [-0.2, 0) is 0 Å². The molecule has 1 aliphatic rings. The van der Waals surface area contributed by atoms with Crippen LogP contribution in [0.25, 0.3) is 0 Å². The Morgan fingerprint density at radius 1 is 1.38 bits per heavy atom. The second kappa shape index (κ2) is 4.68. The lowest BCUT2D eigenvalue weighted by atomic mass is 10.1. The minimum Gasteiger partial charge on any atom is -0.396 e. The van der Waals surface area contributed by atoms with Crippen LogP contribution in [0.1, 0.15) is 33.1 Å². The molecule has 1 fully saturated rings. The predicted octanol–water partition coefficient (Wildman–Crippen LogP) is 2.07. The van der Waals surface area contributed by atoms with Gasteiger partial charge in [0.05, 0.1) is 18.1 Å². The lowest BCUT2D eigenvalue weighted by Crippen LogP contribution is -2.29. The van der Waals surface area contributed by atoms with E-state index in [1.165, 1.54) is 19.3 Å². The molecular formula is C12H20N4. The highest BCUT2D eigenvalue weighted by Gasteiger charge is 2.30. The van der Waals surface area contributed by atoms with Crippen LogP contribution in [0.2, 0.25) is 0 Å². The fourth-order valence-corrected chi connectivity index (χ4v) is 1.71. The summed E-state index contributed by atoms with van der Waals surface area (Å²) in [7, 11) is 0. The molecular weight excluding hydrogens is 200 g/mol. The van der Waals surface area contributed by atoms with Crippen LogP contribution >= 0.6 is 0 Å². The maximum absolute atomic E-state index is 5.60. The molecule has 0 atom stereocenters. The van der Waals surface area contributed by atoms with Gasteiger partial charge in [0.2, 0.25) is 5.95 Å². The SMILES string of the molecule is CC(C)CCN(c1ncc(N)cn1)C1CC1. The number of rotatable bonds is 5. The molecule has 4 nitrogen and oxygen atoms in total. The molecule has 0 aromatic carbocycles. The number of hydrogen-bond acceptors (Lipinski definition) is 4. The average molecular weight is 220 g/mol. The molecule has 0 radical (unpaired) electrons. The molecule has 2 N–H and O–H groups in total. The van der Waals surface area contributed by atoms with E-state index in [2.05, 4.69) is 28.7 Å². The van der Waals surface area contributed by atoms with Gasteiger partial charge in [-0.2, -0.15) is 0 Å². The summed E-state index contributed by atoms with van der Waals surface area (Å²) in [6.07, 6.45) is 7.10. The van der Waals surface area contributed by atoms with E-state index in [1.807, 2.05) is 0 Å². The summed E-state index contributed by atoms with van der Waals surface area (Å²) in [6, 6.07) is 0.655. The molecule has 1 aromatic heterocycles. The number of aromatic nitrogens is 2. The van der Waals surface area contributed by atoms with Crippen LogP contribution in [-0.4, -0.2) is 22.6 Å². The summed E-state index contributed by atoms with van der Waals surface area (Å²) in [5, 5.41) is 0. The quantitative estimate of drug-likeness (QED) is 0.825. The molecule has 1 saturated carbocycles. The van der Waals surface area contributed by atoms with Gasteiger partial charge in [-0.05, 0) is 25.2 Å². The fraction of sp³-hybridized carbons (Fsp3) is 0.667. The van der Waals surface area contributed by atoms with Gasteiger partial charge in [-0.3, -0.25) is 0 Å². The van der Waals surface area contributed by atoms with Gasteiger partial charge in [-0.1, -0.05) is 13.8 Å². The molecule has 1 aromatic rings. The monoisotopic (exact) mass is 220 g/mol. The van der Waals surface area contributed by atoms with Crippen molar-refractivity contribution >= 4 is 11.6 Å². The van der Waals surface area contributed by atoms with Crippen LogP contribution in [0, 0.1) is 5.92 Å². The van der Waals surface area contributed by atoms with Gasteiger partial charge in [0.15, 0.2) is 0 Å². The Labute approximate surface area is 96.9 Å². The van der Waals surface area contributed by atoms with Crippen molar-refractivity contribution in [3.8, 4) is 0 Å². The smallest absolute Gasteiger partial charge is 0.225 e. The van der Waals surface area contributed by atoms with E-state index in [1.54, 1.807) is 12.4 Å². The average Bonchev–Trinajstić information content (AvgIpc) is 3.04. The number of anilines is 2. The van der Waals surface area contributed by atoms with Crippen molar-refractivity contribution in [2.24, 2.45) is 5.92 Å². The molecule has 88 valence electrons. The van der Waals surface area contributed by atoms with E-state index in [0.29, 0.717) is 11.7 Å². The first-order valence-electron chi connectivity index (χ1n) is 6.01. The molecule has 16 heavy (non-hydrogen) atoms. The highest BCUT2D eigenvalue weighted by molar-refractivity contribution is 5.39. The highest BCUT2D eigenvalue weighted by atomic mass is 15.3. The standard InChI is InChI=1S/C12H20N4/c1-9(2)5-6-16(11-3-4-11)12-14-7-10(13)8-15-12/h7-9,11H,3-6,13H2,1-2H3. The van der Waals surface area contributed by atoms with Crippen molar-refractivity contribution in [3.63, 3.8) is 0 Å². The molecule has 0 bridgehead atoms. The minimum atomic E-state index is 0.628. The zero-order valence-corrected chi connectivity index (χ0v) is 10.1. The molecule has 0 unspecified atom stereocenters. The zero-order valence-electron chi connectivity index (χ0n) is 10.1. The first-order chi connectivity index (χ1) is 7.66. The van der Waals surface area contributed by atoms with Gasteiger partial charge in [0.25, 0.3) is 0 Å². The van der Waals surface area contributed by atoms with Crippen LogP contribution in [0.5, 0.6) is 0 Å². The van der Waals surface area contributed by atoms with Crippen LogP contribution in [0.4, 0.5) is 11.6 Å². The Morgan fingerprint density at radius 2 is 2.00 bits per heavy atom. The first kappa shape index (κ1) is 11.2.